The number of hydrogen-bond donors (Lipinski definition) is 2. The highest BCUT2D eigenvalue weighted by atomic mass is 16.2. The number of carbonyl (C=O) groups is 2. The average molecular weight is 322 g/mol. The second kappa shape index (κ2) is 6.54. The fourth-order valence-corrected chi connectivity index (χ4v) is 2.71. The van der Waals surface area contributed by atoms with Gasteiger partial charge in [-0.25, -0.2) is 4.98 Å². The molecule has 0 unspecified atom stereocenters. The predicted octanol–water partition coefficient (Wildman–Crippen LogP) is 2.24. The molecule has 0 bridgehead atoms. The molecule has 24 heavy (non-hydrogen) atoms. The predicted molar refractivity (Wildman–Crippen MR) is 92.6 cm³/mol. The Balaban J connectivity index is 1.63. The Hall–Kier alpha value is -3.15. The number of fused-ring (bicyclic) bond motifs is 1. The van der Waals surface area contributed by atoms with Crippen LogP contribution in [0.15, 0.2) is 48.8 Å². The molecule has 3 aromatic rings. The zero-order chi connectivity index (χ0) is 17.1. The van der Waals surface area contributed by atoms with Crippen molar-refractivity contribution >= 4 is 28.4 Å². The van der Waals surface area contributed by atoms with Crippen molar-refractivity contribution in [3.63, 3.8) is 0 Å². The van der Waals surface area contributed by atoms with E-state index in [1.54, 1.807) is 6.07 Å². The zero-order valence-corrected chi connectivity index (χ0v) is 13.3. The van der Waals surface area contributed by atoms with Gasteiger partial charge in [0.1, 0.15) is 5.69 Å². The molecule has 2 heterocycles. The van der Waals surface area contributed by atoms with Crippen molar-refractivity contribution in [3.05, 3.63) is 60.0 Å². The Morgan fingerprint density at radius 2 is 2.00 bits per heavy atom. The quantitative estimate of drug-likeness (QED) is 0.755. The van der Waals surface area contributed by atoms with Crippen molar-refractivity contribution < 1.29 is 9.59 Å². The third kappa shape index (κ3) is 3.27. The van der Waals surface area contributed by atoms with Crippen LogP contribution in [0.1, 0.15) is 22.5 Å². The number of aromatic nitrogens is 2. The van der Waals surface area contributed by atoms with E-state index in [1.807, 2.05) is 19.2 Å². The molecule has 0 saturated carbocycles. The van der Waals surface area contributed by atoms with Crippen LogP contribution in [0.4, 0.5) is 5.69 Å². The number of carbonyl (C=O) groups excluding carboxylic acids is 2. The van der Waals surface area contributed by atoms with Crippen LogP contribution in [-0.4, -0.2) is 21.4 Å². The van der Waals surface area contributed by atoms with E-state index < -0.39 is 5.91 Å². The van der Waals surface area contributed by atoms with Gasteiger partial charge in [0.05, 0.1) is 11.9 Å². The lowest BCUT2D eigenvalue weighted by Gasteiger charge is -2.05. The van der Waals surface area contributed by atoms with E-state index in [-0.39, 0.29) is 11.6 Å². The van der Waals surface area contributed by atoms with Gasteiger partial charge in [-0.05, 0) is 30.2 Å². The van der Waals surface area contributed by atoms with Gasteiger partial charge in [-0.15, -0.1) is 0 Å². The third-order valence-electron chi connectivity index (χ3n) is 3.90. The average Bonchev–Trinajstić information content (AvgIpc) is 2.90. The number of hydrogen-bond acceptors (Lipinski definition) is 3. The van der Waals surface area contributed by atoms with Crippen LogP contribution in [0.3, 0.4) is 0 Å². The van der Waals surface area contributed by atoms with Gasteiger partial charge in [0, 0.05) is 30.6 Å². The fourth-order valence-electron chi connectivity index (χ4n) is 2.71. The smallest absolute Gasteiger partial charge is 0.267 e. The summed E-state index contributed by atoms with van der Waals surface area (Å²) < 4.78 is 2.06. The summed E-state index contributed by atoms with van der Waals surface area (Å²) in [6.07, 6.45) is 4.50. The lowest BCUT2D eigenvalue weighted by Crippen LogP contribution is -2.15. The van der Waals surface area contributed by atoms with Gasteiger partial charge >= 0.3 is 0 Å². The summed E-state index contributed by atoms with van der Waals surface area (Å²) in [4.78, 5) is 27.0. The summed E-state index contributed by atoms with van der Waals surface area (Å²) in [6.45, 7) is 0. The SMILES string of the molecule is Cn1cc(CCC(=O)Nc2ccc(C(N)=O)nc2)c2ccccc21. The van der Waals surface area contributed by atoms with E-state index in [0.717, 1.165) is 11.1 Å². The van der Waals surface area contributed by atoms with Crippen molar-refractivity contribution in [3.8, 4) is 0 Å². The molecule has 2 amide bonds. The summed E-state index contributed by atoms with van der Waals surface area (Å²) in [5, 5.41) is 3.94. The van der Waals surface area contributed by atoms with E-state index in [4.69, 9.17) is 5.73 Å². The fraction of sp³-hybridized carbons (Fsp3) is 0.167. The molecule has 0 aliphatic rings. The summed E-state index contributed by atoms with van der Waals surface area (Å²) in [6, 6.07) is 11.2. The van der Waals surface area contributed by atoms with Gasteiger partial charge < -0.3 is 15.6 Å². The molecule has 3 rings (SSSR count). The van der Waals surface area contributed by atoms with E-state index in [1.165, 1.54) is 17.6 Å². The molecule has 6 nitrogen and oxygen atoms in total. The minimum atomic E-state index is -0.594. The Kier molecular flexibility index (Phi) is 4.29. The van der Waals surface area contributed by atoms with E-state index in [0.29, 0.717) is 18.5 Å². The number of rotatable bonds is 5. The van der Waals surface area contributed by atoms with Crippen LogP contribution in [-0.2, 0) is 18.3 Å². The van der Waals surface area contributed by atoms with E-state index >= 15 is 0 Å². The summed E-state index contributed by atoms with van der Waals surface area (Å²) >= 11 is 0. The van der Waals surface area contributed by atoms with Gasteiger partial charge in [-0.1, -0.05) is 18.2 Å². The number of pyridine rings is 1. The molecule has 0 aliphatic carbocycles. The maximum absolute atomic E-state index is 12.1. The van der Waals surface area contributed by atoms with Crippen LogP contribution in [0.25, 0.3) is 10.9 Å². The number of aryl methyl sites for hydroxylation is 2. The first-order valence-corrected chi connectivity index (χ1v) is 7.63. The molecular weight excluding hydrogens is 304 g/mol. The molecule has 0 saturated heterocycles. The molecule has 0 aliphatic heterocycles. The Morgan fingerprint density at radius 1 is 1.21 bits per heavy atom. The van der Waals surface area contributed by atoms with Crippen molar-refractivity contribution in [1.29, 1.82) is 0 Å². The van der Waals surface area contributed by atoms with Crippen molar-refractivity contribution in [2.75, 3.05) is 5.32 Å². The summed E-state index contributed by atoms with van der Waals surface area (Å²) in [5.74, 6) is -0.694. The largest absolute Gasteiger partial charge is 0.364 e. The van der Waals surface area contributed by atoms with E-state index in [2.05, 4.69) is 33.2 Å². The second-order valence-corrected chi connectivity index (χ2v) is 5.63. The molecule has 1 aromatic carbocycles. The monoisotopic (exact) mass is 322 g/mol. The molecule has 2 aromatic heterocycles. The molecule has 0 atom stereocenters. The molecule has 0 spiro atoms. The highest BCUT2D eigenvalue weighted by molar-refractivity contribution is 5.93. The normalized spacial score (nSPS) is 10.7. The molecule has 122 valence electrons. The summed E-state index contributed by atoms with van der Waals surface area (Å²) in [7, 11) is 2.00. The van der Waals surface area contributed by atoms with Gasteiger partial charge in [0.2, 0.25) is 5.91 Å². The van der Waals surface area contributed by atoms with Crippen molar-refractivity contribution in [1.82, 2.24) is 9.55 Å². The van der Waals surface area contributed by atoms with Crippen LogP contribution < -0.4 is 11.1 Å². The topological polar surface area (TPSA) is 90.0 Å². The Morgan fingerprint density at radius 3 is 2.71 bits per heavy atom. The zero-order valence-electron chi connectivity index (χ0n) is 13.3. The number of anilines is 1. The number of para-hydroxylation sites is 1. The number of nitrogens with two attached hydrogens (primary N) is 1. The second-order valence-electron chi connectivity index (χ2n) is 5.63. The molecule has 0 radical (unpaired) electrons. The number of nitrogens with one attached hydrogen (secondary N) is 1. The lowest BCUT2D eigenvalue weighted by molar-refractivity contribution is -0.116. The summed E-state index contributed by atoms with van der Waals surface area (Å²) in [5.41, 5.74) is 8.14. The maximum Gasteiger partial charge on any atom is 0.267 e. The van der Waals surface area contributed by atoms with Gasteiger partial charge in [0.25, 0.3) is 5.91 Å². The van der Waals surface area contributed by atoms with Crippen LogP contribution in [0, 0.1) is 0 Å². The first-order valence-electron chi connectivity index (χ1n) is 7.63. The molecule has 6 heteroatoms. The molecule has 0 fully saturated rings. The Labute approximate surface area is 139 Å². The lowest BCUT2D eigenvalue weighted by atomic mass is 10.1. The number of nitrogens with zero attached hydrogens (tertiary/aromatic N) is 2. The molecular formula is C18H18N4O2. The highest BCUT2D eigenvalue weighted by Gasteiger charge is 2.09. The first kappa shape index (κ1) is 15.7. The third-order valence-corrected chi connectivity index (χ3v) is 3.90. The first-order chi connectivity index (χ1) is 11.5. The Bertz CT molecular complexity index is 897. The van der Waals surface area contributed by atoms with Gasteiger partial charge in [-0.3, -0.25) is 9.59 Å². The van der Waals surface area contributed by atoms with Gasteiger partial charge in [0.15, 0.2) is 0 Å². The van der Waals surface area contributed by atoms with Crippen LogP contribution in [0.2, 0.25) is 0 Å². The standard InChI is InChI=1S/C18H18N4O2/c1-22-11-12(14-4-2-3-5-16(14)22)6-9-17(23)21-13-7-8-15(18(19)24)20-10-13/h2-5,7-8,10-11H,6,9H2,1H3,(H2,19,24)(H,21,23). The molecule has 3 N–H and O–H groups in total. The van der Waals surface area contributed by atoms with Crippen molar-refractivity contribution in [2.24, 2.45) is 12.8 Å². The maximum atomic E-state index is 12.1. The minimum Gasteiger partial charge on any atom is -0.364 e. The number of amides is 2. The van der Waals surface area contributed by atoms with Crippen molar-refractivity contribution in [2.45, 2.75) is 12.8 Å². The highest BCUT2D eigenvalue weighted by Crippen LogP contribution is 2.21. The minimum absolute atomic E-state index is 0.100. The van der Waals surface area contributed by atoms with Crippen LogP contribution in [0.5, 0.6) is 0 Å². The van der Waals surface area contributed by atoms with Crippen LogP contribution >= 0.6 is 0 Å². The number of benzene rings is 1. The van der Waals surface area contributed by atoms with E-state index in [9.17, 15) is 9.59 Å². The van der Waals surface area contributed by atoms with Gasteiger partial charge in [-0.2, -0.15) is 0 Å². The number of primary amides is 1.